The first-order valence-corrected chi connectivity index (χ1v) is 11.7. The summed E-state index contributed by atoms with van der Waals surface area (Å²) in [7, 11) is 0. The summed E-state index contributed by atoms with van der Waals surface area (Å²) in [5.74, 6) is 3.27. The van der Waals surface area contributed by atoms with E-state index in [2.05, 4.69) is 24.1 Å². The molecule has 3 N–H and O–H groups in total. The van der Waals surface area contributed by atoms with Crippen molar-refractivity contribution in [2.45, 2.75) is 78.2 Å². The third-order valence-electron chi connectivity index (χ3n) is 5.31. The Morgan fingerprint density at radius 1 is 1.03 bits per heavy atom. The lowest BCUT2D eigenvalue weighted by molar-refractivity contribution is -0.162. The average Bonchev–Trinajstić information content (AvgIpc) is 2.75. The molecule has 0 fully saturated rings. The predicted octanol–water partition coefficient (Wildman–Crippen LogP) is 5.52. The maximum absolute atomic E-state index is 11.1. The monoisotopic (exact) mass is 465 g/mol. The number of ether oxygens (including phenoxy) is 1. The van der Waals surface area contributed by atoms with Crippen molar-refractivity contribution < 1.29 is 24.5 Å². The molecule has 6 nitrogen and oxygen atoms in total. The zero-order valence-corrected chi connectivity index (χ0v) is 20.0. The molecule has 0 aliphatic heterocycles. The third-order valence-corrected chi connectivity index (χ3v) is 5.60. The Bertz CT molecular complexity index is 770. The average molecular weight is 466 g/mol. The molecule has 0 radical (unpaired) electrons. The lowest BCUT2D eigenvalue weighted by Gasteiger charge is -2.15. The number of benzene rings is 1. The Labute approximate surface area is 196 Å². The lowest BCUT2D eigenvalue weighted by Crippen LogP contribution is -2.35. The van der Waals surface area contributed by atoms with Crippen molar-refractivity contribution >= 4 is 23.5 Å². The van der Waals surface area contributed by atoms with Crippen LogP contribution in [-0.2, 0) is 16.1 Å². The maximum atomic E-state index is 11.1. The van der Waals surface area contributed by atoms with Crippen molar-refractivity contribution in [3.05, 3.63) is 28.8 Å². The number of hydrogen-bond acceptors (Lipinski definition) is 4. The van der Waals surface area contributed by atoms with Gasteiger partial charge in [0.15, 0.2) is 5.41 Å². The molecule has 7 heteroatoms. The number of unbranched alkanes of at least 4 members (excludes halogenated alkanes) is 7. The number of aliphatic carboxylic acids is 2. The topological polar surface area (TPSA) is 95.9 Å². The van der Waals surface area contributed by atoms with Crippen LogP contribution in [-0.4, -0.2) is 35.3 Å². The van der Waals surface area contributed by atoms with Crippen molar-refractivity contribution in [3.63, 3.8) is 0 Å². The van der Waals surface area contributed by atoms with Crippen molar-refractivity contribution in [1.82, 2.24) is 5.32 Å². The van der Waals surface area contributed by atoms with Crippen molar-refractivity contribution in [3.8, 4) is 17.6 Å². The Kier molecular flexibility index (Phi) is 13.5. The Balaban J connectivity index is 2.29. The second-order valence-electron chi connectivity index (χ2n) is 8.16. The van der Waals surface area contributed by atoms with E-state index in [1.807, 2.05) is 18.2 Å². The molecule has 0 heterocycles. The fourth-order valence-corrected chi connectivity index (χ4v) is 3.26. The van der Waals surface area contributed by atoms with E-state index in [1.165, 1.54) is 44.9 Å². The highest BCUT2D eigenvalue weighted by Crippen LogP contribution is 2.26. The largest absolute Gasteiger partial charge is 0.492 e. The number of halogens is 1. The first-order valence-electron chi connectivity index (χ1n) is 11.4. The van der Waals surface area contributed by atoms with Gasteiger partial charge in [-0.25, -0.2) is 0 Å². The molecule has 0 unspecified atom stereocenters. The molecular formula is C25H36ClNO5. The second kappa shape index (κ2) is 15.6. The molecule has 0 aliphatic carbocycles. The predicted molar refractivity (Wildman–Crippen MR) is 127 cm³/mol. The van der Waals surface area contributed by atoms with Crippen LogP contribution in [0.25, 0.3) is 0 Å². The minimum absolute atomic E-state index is 0.254. The van der Waals surface area contributed by atoms with Gasteiger partial charge in [-0.2, -0.15) is 0 Å². The molecule has 0 amide bonds. The lowest BCUT2D eigenvalue weighted by atomic mass is 9.87. The summed E-state index contributed by atoms with van der Waals surface area (Å²) in [6.45, 7) is 4.88. The second-order valence-corrected chi connectivity index (χ2v) is 8.57. The van der Waals surface area contributed by atoms with E-state index in [4.69, 9.17) is 26.6 Å². The van der Waals surface area contributed by atoms with E-state index in [1.54, 1.807) is 0 Å². The van der Waals surface area contributed by atoms with Crippen LogP contribution in [0.4, 0.5) is 0 Å². The zero-order valence-electron chi connectivity index (χ0n) is 19.2. The van der Waals surface area contributed by atoms with Gasteiger partial charge in [-0.3, -0.25) is 9.59 Å². The third kappa shape index (κ3) is 10.4. The van der Waals surface area contributed by atoms with Gasteiger partial charge in [-0.05, 0) is 31.0 Å². The summed E-state index contributed by atoms with van der Waals surface area (Å²) < 4.78 is 5.79. The summed E-state index contributed by atoms with van der Waals surface area (Å²) >= 11 is 6.32. The van der Waals surface area contributed by atoms with Crippen LogP contribution in [0, 0.1) is 17.3 Å². The first-order chi connectivity index (χ1) is 15.3. The highest BCUT2D eigenvalue weighted by molar-refractivity contribution is 6.32. The summed E-state index contributed by atoms with van der Waals surface area (Å²) in [6.07, 6.45) is 9.76. The zero-order chi connectivity index (χ0) is 23.8. The van der Waals surface area contributed by atoms with Crippen LogP contribution in [0.3, 0.4) is 0 Å². The van der Waals surface area contributed by atoms with E-state index >= 15 is 0 Å². The van der Waals surface area contributed by atoms with Crippen molar-refractivity contribution in [2.24, 2.45) is 5.41 Å². The fraction of sp³-hybridized carbons (Fsp3) is 0.600. The maximum Gasteiger partial charge on any atom is 0.321 e. The molecule has 0 atom stereocenters. The minimum Gasteiger partial charge on any atom is -0.492 e. The molecule has 0 saturated heterocycles. The summed E-state index contributed by atoms with van der Waals surface area (Å²) in [5, 5.41) is 21.8. The van der Waals surface area contributed by atoms with Crippen LogP contribution >= 0.6 is 11.6 Å². The summed E-state index contributed by atoms with van der Waals surface area (Å²) in [5.41, 5.74) is -0.928. The molecule has 0 aromatic heterocycles. The molecule has 1 aromatic rings. The number of nitrogens with one attached hydrogen (secondary N) is 1. The van der Waals surface area contributed by atoms with Crippen LogP contribution in [0.5, 0.6) is 5.75 Å². The molecule has 0 bridgehead atoms. The molecule has 1 rings (SSSR count). The Hall–Kier alpha value is -2.23. The van der Waals surface area contributed by atoms with Gasteiger partial charge in [0.1, 0.15) is 5.75 Å². The van der Waals surface area contributed by atoms with E-state index in [0.717, 1.165) is 18.9 Å². The number of carboxylic acids is 2. The van der Waals surface area contributed by atoms with E-state index in [0.29, 0.717) is 30.5 Å². The van der Waals surface area contributed by atoms with Crippen molar-refractivity contribution in [1.29, 1.82) is 0 Å². The molecule has 0 saturated carbocycles. The Morgan fingerprint density at radius 2 is 1.66 bits per heavy atom. The number of carboxylic acid groups (broad SMARTS) is 2. The molecule has 0 spiro atoms. The number of rotatable bonds is 16. The molecular weight excluding hydrogens is 430 g/mol. The van der Waals surface area contributed by atoms with Gasteiger partial charge >= 0.3 is 11.9 Å². The van der Waals surface area contributed by atoms with Gasteiger partial charge < -0.3 is 20.3 Å². The van der Waals surface area contributed by atoms with Crippen LogP contribution in [0.2, 0.25) is 5.02 Å². The standard InChI is InChI=1S/C25H36ClNO5/c1-3-4-5-6-7-8-9-12-17-32-22-14-13-20(18-21(22)26)19-27-16-11-10-15-25(2,23(28)29)24(30)31/h13-14,18,27H,3-9,12,15-17,19H2,1-2H3,(H,28,29)(H,30,31). The van der Waals surface area contributed by atoms with Gasteiger partial charge in [0.05, 0.1) is 18.2 Å². The smallest absolute Gasteiger partial charge is 0.321 e. The van der Waals surface area contributed by atoms with Gasteiger partial charge in [0, 0.05) is 13.0 Å². The molecule has 1 aromatic carbocycles. The number of hydrogen-bond donors (Lipinski definition) is 3. The van der Waals surface area contributed by atoms with Gasteiger partial charge in [-0.15, -0.1) is 5.92 Å². The summed E-state index contributed by atoms with van der Waals surface area (Å²) in [6, 6.07) is 5.64. The normalized spacial score (nSPS) is 11.0. The van der Waals surface area contributed by atoms with Crippen LogP contribution < -0.4 is 10.1 Å². The fourth-order valence-electron chi connectivity index (χ4n) is 3.00. The van der Waals surface area contributed by atoms with Crippen molar-refractivity contribution in [2.75, 3.05) is 13.2 Å². The van der Waals surface area contributed by atoms with Gasteiger partial charge in [0.25, 0.3) is 0 Å². The van der Waals surface area contributed by atoms with Gasteiger partial charge in [0.2, 0.25) is 0 Å². The Morgan fingerprint density at radius 3 is 2.25 bits per heavy atom. The first kappa shape index (κ1) is 27.8. The van der Waals surface area contributed by atoms with E-state index < -0.39 is 17.4 Å². The molecule has 0 aliphatic rings. The highest BCUT2D eigenvalue weighted by Gasteiger charge is 2.40. The van der Waals surface area contributed by atoms with E-state index in [9.17, 15) is 9.59 Å². The van der Waals surface area contributed by atoms with E-state index in [-0.39, 0.29) is 6.42 Å². The van der Waals surface area contributed by atoms with Crippen LogP contribution in [0.15, 0.2) is 18.2 Å². The highest BCUT2D eigenvalue weighted by atomic mass is 35.5. The SMILES string of the molecule is CCCCCCCCCCOc1ccc(CNCC#CCC(C)(C(=O)O)C(=O)O)cc1Cl. The molecule has 178 valence electrons. The van der Waals surface area contributed by atoms with Gasteiger partial charge in [-0.1, -0.05) is 75.5 Å². The number of carbonyl (C=O) groups is 2. The molecule has 32 heavy (non-hydrogen) atoms. The van der Waals surface area contributed by atoms with Crippen LogP contribution in [0.1, 0.15) is 77.2 Å². The summed E-state index contributed by atoms with van der Waals surface area (Å²) in [4.78, 5) is 22.2. The minimum atomic E-state index is -1.90. The quantitative estimate of drug-likeness (QED) is 0.169.